The van der Waals surface area contributed by atoms with E-state index < -0.39 is 0 Å². The fraction of sp³-hybridized carbons (Fsp3) is 0.250. The number of hydrogen-bond acceptors (Lipinski definition) is 2. The van der Waals surface area contributed by atoms with Gasteiger partial charge in [-0.3, -0.25) is 0 Å². The summed E-state index contributed by atoms with van der Waals surface area (Å²) >= 11 is 0. The fourth-order valence-corrected chi connectivity index (χ4v) is 1.57. The highest BCUT2D eigenvalue weighted by molar-refractivity contribution is 5.44. The van der Waals surface area contributed by atoms with Crippen LogP contribution in [0.15, 0.2) is 30.9 Å². The van der Waals surface area contributed by atoms with Gasteiger partial charge in [0, 0.05) is 6.04 Å². The molecular formula is C12H14N2. The molecule has 0 aromatic heterocycles. The van der Waals surface area contributed by atoms with E-state index in [0.29, 0.717) is 12.0 Å². The van der Waals surface area contributed by atoms with E-state index in [4.69, 9.17) is 11.0 Å². The largest absolute Gasteiger partial charge is 0.324 e. The number of rotatable bonds is 3. The van der Waals surface area contributed by atoms with E-state index in [1.54, 1.807) is 12.1 Å². The molecule has 0 spiro atoms. The van der Waals surface area contributed by atoms with Crippen LogP contribution in [0.4, 0.5) is 0 Å². The van der Waals surface area contributed by atoms with E-state index in [1.807, 2.05) is 19.1 Å². The summed E-state index contributed by atoms with van der Waals surface area (Å²) in [5.74, 6) is 0. The third-order valence-electron chi connectivity index (χ3n) is 2.24. The van der Waals surface area contributed by atoms with Gasteiger partial charge in [0.2, 0.25) is 0 Å². The maximum absolute atomic E-state index is 8.93. The van der Waals surface area contributed by atoms with Crippen molar-refractivity contribution in [2.75, 3.05) is 0 Å². The lowest BCUT2D eigenvalue weighted by atomic mass is 9.95. The van der Waals surface area contributed by atoms with Crippen LogP contribution < -0.4 is 5.73 Å². The predicted molar refractivity (Wildman–Crippen MR) is 57.6 cm³/mol. The molecule has 1 rings (SSSR count). The molecule has 0 aliphatic carbocycles. The summed E-state index contributed by atoms with van der Waals surface area (Å²) in [6.07, 6.45) is 2.47. The number of nitrogens with two attached hydrogens (primary N) is 1. The quantitative estimate of drug-likeness (QED) is 0.737. The summed E-state index contributed by atoms with van der Waals surface area (Å²) in [6.45, 7) is 5.62. The lowest BCUT2D eigenvalue weighted by Crippen LogP contribution is -2.12. The van der Waals surface area contributed by atoms with E-state index >= 15 is 0 Å². The Kier molecular flexibility index (Phi) is 3.44. The van der Waals surface area contributed by atoms with Crippen molar-refractivity contribution >= 4 is 0 Å². The first-order valence-electron chi connectivity index (χ1n) is 4.56. The number of benzene rings is 1. The van der Waals surface area contributed by atoms with Crippen molar-refractivity contribution in [1.29, 1.82) is 5.26 Å². The Hall–Kier alpha value is -1.59. The second-order valence-electron chi connectivity index (χ2n) is 3.28. The molecule has 1 aromatic rings. The van der Waals surface area contributed by atoms with Gasteiger partial charge in [0.25, 0.3) is 0 Å². The molecule has 0 saturated carbocycles. The van der Waals surface area contributed by atoms with Gasteiger partial charge in [0.05, 0.1) is 11.6 Å². The highest BCUT2D eigenvalue weighted by Gasteiger charge is 2.11. The summed E-state index contributed by atoms with van der Waals surface area (Å²) in [7, 11) is 0. The standard InChI is InChI=1S/C12H14N2/c1-3-5-11(14)12-9(2)6-4-7-10(12)8-13/h3-4,6-7,11H,1,5,14H2,2H3/t11-/m1/s1. The molecule has 0 aliphatic heterocycles. The number of nitriles is 1. The van der Waals surface area contributed by atoms with Crippen LogP contribution in [0.25, 0.3) is 0 Å². The zero-order chi connectivity index (χ0) is 10.6. The van der Waals surface area contributed by atoms with Crippen molar-refractivity contribution in [3.05, 3.63) is 47.5 Å². The maximum atomic E-state index is 8.93. The molecule has 2 nitrogen and oxygen atoms in total. The van der Waals surface area contributed by atoms with Gasteiger partial charge in [-0.15, -0.1) is 6.58 Å². The smallest absolute Gasteiger partial charge is 0.0995 e. The summed E-state index contributed by atoms with van der Waals surface area (Å²) in [4.78, 5) is 0. The monoisotopic (exact) mass is 186 g/mol. The van der Waals surface area contributed by atoms with Gasteiger partial charge in [0.15, 0.2) is 0 Å². The summed E-state index contributed by atoms with van der Waals surface area (Å²) in [5.41, 5.74) is 8.63. The van der Waals surface area contributed by atoms with Gasteiger partial charge in [-0.2, -0.15) is 5.26 Å². The van der Waals surface area contributed by atoms with E-state index in [1.165, 1.54) is 0 Å². The maximum Gasteiger partial charge on any atom is 0.0995 e. The Bertz CT molecular complexity index is 374. The zero-order valence-corrected chi connectivity index (χ0v) is 8.33. The SMILES string of the molecule is C=CC[C@@H](N)c1c(C)cccc1C#N. The average Bonchev–Trinajstić information content (AvgIpc) is 2.17. The molecule has 0 radical (unpaired) electrons. The van der Waals surface area contributed by atoms with Crippen LogP contribution in [-0.2, 0) is 0 Å². The lowest BCUT2D eigenvalue weighted by molar-refractivity contribution is 0.733. The molecule has 0 fully saturated rings. The molecule has 2 N–H and O–H groups in total. The van der Waals surface area contributed by atoms with Crippen molar-refractivity contribution < 1.29 is 0 Å². The van der Waals surface area contributed by atoms with Gasteiger partial charge in [-0.05, 0) is 30.5 Å². The van der Waals surface area contributed by atoms with Crippen LogP contribution in [0.3, 0.4) is 0 Å². The fourth-order valence-electron chi connectivity index (χ4n) is 1.57. The molecule has 0 heterocycles. The van der Waals surface area contributed by atoms with Gasteiger partial charge >= 0.3 is 0 Å². The Balaban J connectivity index is 3.17. The lowest BCUT2D eigenvalue weighted by Gasteiger charge is -2.14. The normalized spacial score (nSPS) is 11.8. The van der Waals surface area contributed by atoms with Gasteiger partial charge in [-0.1, -0.05) is 18.2 Å². The molecule has 72 valence electrons. The van der Waals surface area contributed by atoms with Crippen LogP contribution in [0.1, 0.15) is 29.2 Å². The minimum absolute atomic E-state index is 0.122. The first-order chi connectivity index (χ1) is 6.70. The number of hydrogen-bond donors (Lipinski definition) is 1. The van der Waals surface area contributed by atoms with Crippen molar-refractivity contribution in [3.8, 4) is 6.07 Å². The molecule has 14 heavy (non-hydrogen) atoms. The van der Waals surface area contributed by atoms with Crippen LogP contribution in [0, 0.1) is 18.3 Å². The molecule has 0 aliphatic rings. The Morgan fingerprint density at radius 2 is 2.36 bits per heavy atom. The second-order valence-corrected chi connectivity index (χ2v) is 3.28. The van der Waals surface area contributed by atoms with Crippen LogP contribution >= 0.6 is 0 Å². The van der Waals surface area contributed by atoms with Crippen LogP contribution in [0.5, 0.6) is 0 Å². The van der Waals surface area contributed by atoms with E-state index in [2.05, 4.69) is 12.6 Å². The van der Waals surface area contributed by atoms with E-state index in [0.717, 1.165) is 11.1 Å². The van der Waals surface area contributed by atoms with Gasteiger partial charge in [0.1, 0.15) is 0 Å². The summed E-state index contributed by atoms with van der Waals surface area (Å²) in [5, 5.41) is 8.93. The Morgan fingerprint density at radius 3 is 2.93 bits per heavy atom. The Morgan fingerprint density at radius 1 is 1.64 bits per heavy atom. The van der Waals surface area contributed by atoms with Gasteiger partial charge in [-0.25, -0.2) is 0 Å². The van der Waals surface area contributed by atoms with Crippen molar-refractivity contribution in [1.82, 2.24) is 0 Å². The van der Waals surface area contributed by atoms with E-state index in [9.17, 15) is 0 Å². The van der Waals surface area contributed by atoms with E-state index in [-0.39, 0.29) is 6.04 Å². The summed E-state index contributed by atoms with van der Waals surface area (Å²) in [6, 6.07) is 7.68. The van der Waals surface area contributed by atoms with Crippen molar-refractivity contribution in [2.24, 2.45) is 5.73 Å². The first kappa shape index (κ1) is 10.5. The molecular weight excluding hydrogens is 172 g/mol. The highest BCUT2D eigenvalue weighted by atomic mass is 14.6. The third kappa shape index (κ3) is 2.01. The molecule has 1 aromatic carbocycles. The van der Waals surface area contributed by atoms with Crippen molar-refractivity contribution in [2.45, 2.75) is 19.4 Å². The molecule has 0 bridgehead atoms. The van der Waals surface area contributed by atoms with Crippen molar-refractivity contribution in [3.63, 3.8) is 0 Å². The number of aryl methyl sites for hydroxylation is 1. The molecule has 0 amide bonds. The van der Waals surface area contributed by atoms with Crippen LogP contribution in [-0.4, -0.2) is 0 Å². The summed E-state index contributed by atoms with van der Waals surface area (Å²) < 4.78 is 0. The second kappa shape index (κ2) is 4.59. The highest BCUT2D eigenvalue weighted by Crippen LogP contribution is 2.22. The van der Waals surface area contributed by atoms with Gasteiger partial charge < -0.3 is 5.73 Å². The topological polar surface area (TPSA) is 49.8 Å². The molecule has 2 heteroatoms. The molecule has 0 saturated heterocycles. The minimum Gasteiger partial charge on any atom is -0.324 e. The van der Waals surface area contributed by atoms with Crippen LogP contribution in [0.2, 0.25) is 0 Å². The predicted octanol–water partition coefficient (Wildman–Crippen LogP) is 2.44. The Labute approximate surface area is 84.7 Å². The number of nitrogens with zero attached hydrogens (tertiary/aromatic N) is 1. The molecule has 1 atom stereocenters. The first-order valence-corrected chi connectivity index (χ1v) is 4.56. The minimum atomic E-state index is -0.122. The molecule has 0 unspecified atom stereocenters. The zero-order valence-electron chi connectivity index (χ0n) is 8.33. The average molecular weight is 186 g/mol. The third-order valence-corrected chi connectivity index (χ3v) is 2.24.